The van der Waals surface area contributed by atoms with E-state index in [-0.39, 0.29) is 0 Å². The van der Waals surface area contributed by atoms with Crippen LogP contribution in [-0.4, -0.2) is 27.7 Å². The molecular weight excluding hydrogens is 310 g/mol. The first kappa shape index (κ1) is 13.5. The van der Waals surface area contributed by atoms with Gasteiger partial charge in [-0.05, 0) is 24.6 Å². The maximum atomic E-state index is 13.7. The molecule has 1 saturated heterocycles. The minimum absolute atomic E-state index is 0.292. The van der Waals surface area contributed by atoms with E-state index in [1.165, 1.54) is 4.52 Å². The zero-order valence-electron chi connectivity index (χ0n) is 11.4. The van der Waals surface area contributed by atoms with Gasteiger partial charge in [0.2, 0.25) is 0 Å². The van der Waals surface area contributed by atoms with Crippen molar-refractivity contribution >= 4 is 22.9 Å². The van der Waals surface area contributed by atoms with Gasteiger partial charge in [-0.2, -0.15) is 5.10 Å². The Labute approximate surface area is 129 Å². The number of nitrogens with zero attached hydrogens (tertiary/aromatic N) is 4. The summed E-state index contributed by atoms with van der Waals surface area (Å²) >= 11 is 5.52. The number of halogens is 3. The highest BCUT2D eigenvalue weighted by molar-refractivity contribution is 6.31. The standard InChI is InChI=1S/C15H10ClF2N4/c16-14-10(17)6-9(7-11(14)18)13-8-19-15-12(21-4-1-5-21)2-3-20-22(13)15/h2-3,6-7H,1,4-5H2. The Bertz CT molecular complexity index is 850. The van der Waals surface area contributed by atoms with Crippen molar-refractivity contribution in [3.8, 4) is 11.3 Å². The monoisotopic (exact) mass is 319 g/mol. The highest BCUT2D eigenvalue weighted by atomic mass is 35.5. The zero-order valence-corrected chi connectivity index (χ0v) is 12.1. The van der Waals surface area contributed by atoms with Gasteiger partial charge in [0, 0.05) is 18.7 Å². The van der Waals surface area contributed by atoms with Gasteiger partial charge in [0.1, 0.15) is 28.5 Å². The Balaban J connectivity index is 1.89. The largest absolute Gasteiger partial charge is 0.368 e. The summed E-state index contributed by atoms with van der Waals surface area (Å²) in [5.74, 6) is -1.64. The number of anilines is 1. The second-order valence-electron chi connectivity index (χ2n) is 5.12. The lowest BCUT2D eigenvalue weighted by Gasteiger charge is -2.32. The third kappa shape index (κ3) is 1.94. The number of imidazole rings is 1. The van der Waals surface area contributed by atoms with Gasteiger partial charge in [-0.15, -0.1) is 0 Å². The first-order valence-electron chi connectivity index (χ1n) is 6.80. The third-order valence-corrected chi connectivity index (χ3v) is 4.14. The van der Waals surface area contributed by atoms with Crippen LogP contribution < -0.4 is 4.90 Å². The molecule has 7 heteroatoms. The lowest BCUT2D eigenvalue weighted by atomic mass is 10.1. The Kier molecular flexibility index (Phi) is 3.00. The molecule has 1 fully saturated rings. The minimum Gasteiger partial charge on any atom is -0.368 e. The van der Waals surface area contributed by atoms with Gasteiger partial charge >= 0.3 is 0 Å². The molecule has 3 aromatic rings. The molecule has 2 aromatic heterocycles. The van der Waals surface area contributed by atoms with Crippen LogP contribution in [0.3, 0.4) is 0 Å². The molecular formula is C15H10ClF2N4. The van der Waals surface area contributed by atoms with Crippen LogP contribution >= 0.6 is 11.6 Å². The zero-order chi connectivity index (χ0) is 15.3. The molecule has 0 spiro atoms. The molecule has 3 heterocycles. The summed E-state index contributed by atoms with van der Waals surface area (Å²) in [6.07, 6.45) is 5.57. The van der Waals surface area contributed by atoms with Crippen LogP contribution in [0.15, 0.2) is 24.4 Å². The van der Waals surface area contributed by atoms with Gasteiger partial charge in [0.15, 0.2) is 5.65 Å². The predicted octanol–water partition coefficient (Wildman–Crippen LogP) is 3.34. The molecule has 0 saturated carbocycles. The minimum atomic E-state index is -0.820. The van der Waals surface area contributed by atoms with Crippen LogP contribution in [0.1, 0.15) is 6.42 Å². The van der Waals surface area contributed by atoms with E-state index in [0.717, 1.165) is 37.3 Å². The quantitative estimate of drug-likeness (QED) is 0.679. The van der Waals surface area contributed by atoms with Crippen LogP contribution in [0.25, 0.3) is 16.9 Å². The lowest BCUT2D eigenvalue weighted by molar-refractivity contribution is 0.584. The van der Waals surface area contributed by atoms with Crippen LogP contribution in [0, 0.1) is 17.8 Å². The summed E-state index contributed by atoms with van der Waals surface area (Å²) in [6.45, 7) is 1.93. The molecule has 0 aliphatic carbocycles. The fourth-order valence-electron chi connectivity index (χ4n) is 2.51. The molecule has 0 unspecified atom stereocenters. The molecule has 1 aliphatic heterocycles. The lowest BCUT2D eigenvalue weighted by Crippen LogP contribution is -2.37. The van der Waals surface area contributed by atoms with Crippen LogP contribution in [0.5, 0.6) is 0 Å². The number of hydrogen-bond acceptors (Lipinski definition) is 3. The number of rotatable bonds is 2. The van der Waals surface area contributed by atoms with Crippen molar-refractivity contribution in [2.45, 2.75) is 6.42 Å². The Morgan fingerprint density at radius 3 is 2.55 bits per heavy atom. The van der Waals surface area contributed by atoms with Crippen molar-refractivity contribution in [1.29, 1.82) is 0 Å². The van der Waals surface area contributed by atoms with Gasteiger partial charge in [-0.1, -0.05) is 11.6 Å². The summed E-state index contributed by atoms with van der Waals surface area (Å²) in [5, 5.41) is 3.70. The fourth-order valence-corrected chi connectivity index (χ4v) is 2.62. The second-order valence-corrected chi connectivity index (χ2v) is 5.50. The topological polar surface area (TPSA) is 33.4 Å². The molecule has 4 rings (SSSR count). The highest BCUT2D eigenvalue weighted by Crippen LogP contribution is 2.30. The summed E-state index contributed by atoms with van der Waals surface area (Å²) in [4.78, 5) is 6.41. The maximum Gasteiger partial charge on any atom is 0.178 e. The van der Waals surface area contributed by atoms with Gasteiger partial charge < -0.3 is 4.90 Å². The van der Waals surface area contributed by atoms with E-state index in [9.17, 15) is 8.78 Å². The maximum absolute atomic E-state index is 13.7. The molecule has 0 bridgehead atoms. The number of fused-ring (bicyclic) bond motifs is 1. The highest BCUT2D eigenvalue weighted by Gasteiger charge is 2.20. The normalized spacial score (nSPS) is 14.4. The summed E-state index contributed by atoms with van der Waals surface area (Å²) in [7, 11) is 0. The van der Waals surface area contributed by atoms with E-state index in [4.69, 9.17) is 11.6 Å². The van der Waals surface area contributed by atoms with Crippen molar-refractivity contribution in [1.82, 2.24) is 14.6 Å². The van der Waals surface area contributed by atoms with Crippen LogP contribution in [0.2, 0.25) is 5.02 Å². The summed E-state index contributed by atoms with van der Waals surface area (Å²) < 4.78 is 28.9. The van der Waals surface area contributed by atoms with E-state index in [1.54, 1.807) is 6.20 Å². The van der Waals surface area contributed by atoms with E-state index in [2.05, 4.69) is 21.2 Å². The Morgan fingerprint density at radius 2 is 1.91 bits per heavy atom. The number of benzene rings is 1. The van der Waals surface area contributed by atoms with Crippen molar-refractivity contribution in [2.24, 2.45) is 0 Å². The Morgan fingerprint density at radius 1 is 1.18 bits per heavy atom. The van der Waals surface area contributed by atoms with E-state index in [1.807, 2.05) is 6.07 Å². The average molecular weight is 320 g/mol. The second kappa shape index (κ2) is 4.91. The van der Waals surface area contributed by atoms with E-state index < -0.39 is 16.7 Å². The first-order chi connectivity index (χ1) is 10.6. The van der Waals surface area contributed by atoms with E-state index >= 15 is 0 Å². The molecule has 22 heavy (non-hydrogen) atoms. The fraction of sp³-hybridized carbons (Fsp3) is 0.200. The molecule has 0 amide bonds. The SMILES string of the molecule is Fc1cc(-c2[c]nc3c(N4CCC4)ccnn23)cc(F)c1Cl. The number of aromatic nitrogens is 3. The molecule has 1 aliphatic rings. The van der Waals surface area contributed by atoms with Gasteiger partial charge in [-0.3, -0.25) is 0 Å². The smallest absolute Gasteiger partial charge is 0.178 e. The Hall–Kier alpha value is -2.21. The van der Waals surface area contributed by atoms with Crippen LogP contribution in [0.4, 0.5) is 14.5 Å². The van der Waals surface area contributed by atoms with E-state index in [0.29, 0.717) is 16.9 Å². The van der Waals surface area contributed by atoms with Crippen molar-refractivity contribution in [2.75, 3.05) is 18.0 Å². The summed E-state index contributed by atoms with van der Waals surface area (Å²) in [5.41, 5.74) is 2.25. The van der Waals surface area contributed by atoms with Gasteiger partial charge in [-0.25, -0.2) is 18.3 Å². The van der Waals surface area contributed by atoms with Gasteiger partial charge in [0.25, 0.3) is 0 Å². The number of hydrogen-bond donors (Lipinski definition) is 0. The molecule has 1 radical (unpaired) electrons. The average Bonchev–Trinajstić information content (AvgIpc) is 2.87. The molecule has 1 aromatic carbocycles. The molecule has 4 nitrogen and oxygen atoms in total. The van der Waals surface area contributed by atoms with Crippen molar-refractivity contribution in [3.05, 3.63) is 47.2 Å². The molecule has 0 N–H and O–H groups in total. The first-order valence-corrected chi connectivity index (χ1v) is 7.18. The predicted molar refractivity (Wildman–Crippen MR) is 79.0 cm³/mol. The third-order valence-electron chi connectivity index (χ3n) is 3.78. The van der Waals surface area contributed by atoms with Crippen molar-refractivity contribution in [3.63, 3.8) is 0 Å². The molecule has 0 atom stereocenters. The van der Waals surface area contributed by atoms with Crippen LogP contribution in [-0.2, 0) is 0 Å². The van der Waals surface area contributed by atoms with Gasteiger partial charge in [0.05, 0.1) is 11.9 Å². The van der Waals surface area contributed by atoms with Crippen molar-refractivity contribution < 1.29 is 8.78 Å². The summed E-state index contributed by atoms with van der Waals surface area (Å²) in [6, 6.07) is 4.19. The molecule has 111 valence electrons.